The van der Waals surface area contributed by atoms with Gasteiger partial charge in [-0.25, -0.2) is 4.79 Å². The number of hydrogen-bond donors (Lipinski definition) is 2. The van der Waals surface area contributed by atoms with Crippen molar-refractivity contribution in [1.29, 1.82) is 0 Å². The van der Waals surface area contributed by atoms with E-state index >= 15 is 0 Å². The van der Waals surface area contributed by atoms with E-state index in [1.54, 1.807) is 61.5 Å². The summed E-state index contributed by atoms with van der Waals surface area (Å²) in [7, 11) is 0. The van der Waals surface area contributed by atoms with Gasteiger partial charge in [-0.3, -0.25) is 14.6 Å². The van der Waals surface area contributed by atoms with Crippen molar-refractivity contribution in [3.8, 4) is 0 Å². The van der Waals surface area contributed by atoms with Gasteiger partial charge in [0.2, 0.25) is 0 Å². The van der Waals surface area contributed by atoms with Gasteiger partial charge in [0.15, 0.2) is 0 Å². The third-order valence-electron chi connectivity index (χ3n) is 4.76. The fraction of sp³-hybridized carbons (Fsp3) is 0.391. The molecular formula is C23H29N3O4. The van der Waals surface area contributed by atoms with E-state index in [1.807, 2.05) is 6.07 Å². The van der Waals surface area contributed by atoms with Crippen molar-refractivity contribution in [3.63, 3.8) is 0 Å². The number of carbonyl (C=O) groups is 3. The molecule has 0 fully saturated rings. The second-order valence-electron chi connectivity index (χ2n) is 7.56. The summed E-state index contributed by atoms with van der Waals surface area (Å²) in [5.41, 5.74) is 1.68. The molecule has 0 aliphatic heterocycles. The molecule has 2 aromatic rings. The lowest BCUT2D eigenvalue weighted by atomic mass is 10.0. The first-order chi connectivity index (χ1) is 14.3. The number of carboxylic acid groups (broad SMARTS) is 1. The molecule has 1 atom stereocenters. The highest BCUT2D eigenvalue weighted by Crippen LogP contribution is 2.14. The Morgan fingerprint density at radius 3 is 2.47 bits per heavy atom. The van der Waals surface area contributed by atoms with E-state index in [1.165, 1.54) is 0 Å². The molecule has 2 N–H and O–H groups in total. The molecule has 0 bridgehead atoms. The Kier molecular flexibility index (Phi) is 8.53. The number of aliphatic carboxylic acids is 1. The lowest BCUT2D eigenvalue weighted by Gasteiger charge is -2.23. The minimum Gasteiger partial charge on any atom is -0.480 e. The molecule has 2 amide bonds. The minimum atomic E-state index is -1.07. The average Bonchev–Trinajstić information content (AvgIpc) is 2.74. The highest BCUT2D eigenvalue weighted by atomic mass is 16.4. The first-order valence-electron chi connectivity index (χ1n) is 10.1. The number of carboxylic acids is 1. The Morgan fingerprint density at radius 1 is 1.13 bits per heavy atom. The Bertz CT molecular complexity index is 868. The van der Waals surface area contributed by atoms with Crippen LogP contribution < -0.4 is 5.32 Å². The Morgan fingerprint density at radius 2 is 1.87 bits per heavy atom. The average molecular weight is 412 g/mol. The summed E-state index contributed by atoms with van der Waals surface area (Å²) < 4.78 is 0. The lowest BCUT2D eigenvalue weighted by molar-refractivity contribution is -0.140. The van der Waals surface area contributed by atoms with E-state index in [-0.39, 0.29) is 11.8 Å². The van der Waals surface area contributed by atoms with E-state index in [4.69, 9.17) is 0 Å². The number of unbranched alkanes of at least 4 members (excludes halogenated alkanes) is 1. The number of nitrogens with one attached hydrogen (secondary N) is 1. The third kappa shape index (κ3) is 6.40. The molecular weight excluding hydrogens is 382 g/mol. The normalized spacial score (nSPS) is 11.7. The maximum Gasteiger partial charge on any atom is 0.326 e. The maximum absolute atomic E-state index is 12.9. The van der Waals surface area contributed by atoms with Crippen LogP contribution in [-0.2, 0) is 11.3 Å². The molecule has 1 heterocycles. The Hall–Kier alpha value is -3.22. The minimum absolute atomic E-state index is 0.114. The largest absolute Gasteiger partial charge is 0.480 e. The van der Waals surface area contributed by atoms with Crippen molar-refractivity contribution in [2.45, 2.75) is 46.2 Å². The molecule has 0 aliphatic rings. The number of pyridine rings is 1. The third-order valence-corrected chi connectivity index (χ3v) is 4.76. The number of hydrogen-bond acceptors (Lipinski definition) is 4. The summed E-state index contributed by atoms with van der Waals surface area (Å²) in [6.07, 6.45) is 4.98. The van der Waals surface area contributed by atoms with Crippen LogP contribution in [0, 0.1) is 5.92 Å². The molecule has 160 valence electrons. The zero-order chi connectivity index (χ0) is 22.1. The van der Waals surface area contributed by atoms with Crippen LogP contribution in [0.5, 0.6) is 0 Å². The molecule has 7 heteroatoms. The van der Waals surface area contributed by atoms with Gasteiger partial charge in [0.1, 0.15) is 6.04 Å². The van der Waals surface area contributed by atoms with Crippen molar-refractivity contribution in [1.82, 2.24) is 15.2 Å². The summed E-state index contributed by atoms with van der Waals surface area (Å²) in [4.78, 5) is 42.6. The molecule has 2 rings (SSSR count). The Balaban J connectivity index is 2.18. The highest BCUT2D eigenvalue weighted by molar-refractivity contribution is 5.97. The first-order valence-corrected chi connectivity index (χ1v) is 10.1. The molecule has 0 saturated carbocycles. The SMILES string of the molecule is CCCCN(Cc1cccc(C(=O)N[C@H](C(=O)O)C(C)C)c1)C(=O)c1cccnc1. The summed E-state index contributed by atoms with van der Waals surface area (Å²) in [6, 6.07) is 9.42. The van der Waals surface area contributed by atoms with Crippen LogP contribution in [0.2, 0.25) is 0 Å². The van der Waals surface area contributed by atoms with Crippen LogP contribution in [0.25, 0.3) is 0 Å². The predicted molar refractivity (Wildman–Crippen MR) is 114 cm³/mol. The number of amides is 2. The maximum atomic E-state index is 12.9. The van der Waals surface area contributed by atoms with E-state index in [2.05, 4.69) is 17.2 Å². The van der Waals surface area contributed by atoms with E-state index in [0.29, 0.717) is 24.2 Å². The van der Waals surface area contributed by atoms with Gasteiger partial charge in [-0.1, -0.05) is 39.3 Å². The second-order valence-corrected chi connectivity index (χ2v) is 7.56. The van der Waals surface area contributed by atoms with Crippen molar-refractivity contribution in [3.05, 3.63) is 65.5 Å². The van der Waals surface area contributed by atoms with E-state index in [0.717, 1.165) is 18.4 Å². The number of nitrogens with zero attached hydrogens (tertiary/aromatic N) is 2. The molecule has 0 spiro atoms. The number of aromatic nitrogens is 1. The zero-order valence-electron chi connectivity index (χ0n) is 17.7. The number of benzene rings is 1. The molecule has 0 saturated heterocycles. The molecule has 0 unspecified atom stereocenters. The molecule has 1 aromatic heterocycles. The van der Waals surface area contributed by atoms with E-state index in [9.17, 15) is 19.5 Å². The standard InChI is InChI=1S/C23H29N3O4/c1-4-5-12-26(22(28)19-10-7-11-24-14-19)15-17-8-6-9-18(13-17)21(27)25-20(16(2)3)23(29)30/h6-11,13-14,16,20H,4-5,12,15H2,1-3H3,(H,25,27)(H,29,30)/t20-/m0/s1. The second kappa shape index (κ2) is 11.1. The first kappa shape index (κ1) is 23.1. The van der Waals surface area contributed by atoms with E-state index < -0.39 is 17.9 Å². The van der Waals surface area contributed by atoms with Crippen LogP contribution in [0.15, 0.2) is 48.8 Å². The van der Waals surface area contributed by atoms with Gasteiger partial charge in [0.05, 0.1) is 5.56 Å². The molecule has 7 nitrogen and oxygen atoms in total. The van der Waals surface area contributed by atoms with Gasteiger partial charge in [0, 0.05) is 31.0 Å². The summed E-state index contributed by atoms with van der Waals surface area (Å²) in [6.45, 7) is 6.48. The van der Waals surface area contributed by atoms with Gasteiger partial charge in [0.25, 0.3) is 11.8 Å². The number of carbonyl (C=O) groups excluding carboxylic acids is 2. The summed E-state index contributed by atoms with van der Waals surface area (Å²) in [5.74, 6) is -1.87. The van der Waals surface area contributed by atoms with Crippen LogP contribution in [-0.4, -0.2) is 45.4 Å². The van der Waals surface area contributed by atoms with Crippen LogP contribution in [0.4, 0.5) is 0 Å². The van der Waals surface area contributed by atoms with Gasteiger partial charge in [-0.2, -0.15) is 0 Å². The van der Waals surface area contributed by atoms with Gasteiger partial charge in [-0.15, -0.1) is 0 Å². The fourth-order valence-corrected chi connectivity index (χ4v) is 3.04. The van der Waals surface area contributed by atoms with Crippen LogP contribution >= 0.6 is 0 Å². The van der Waals surface area contributed by atoms with Crippen molar-refractivity contribution in [2.75, 3.05) is 6.54 Å². The van der Waals surface area contributed by atoms with Gasteiger partial charge >= 0.3 is 5.97 Å². The van der Waals surface area contributed by atoms with Crippen LogP contribution in [0.3, 0.4) is 0 Å². The van der Waals surface area contributed by atoms with Crippen LogP contribution in [0.1, 0.15) is 59.9 Å². The lowest BCUT2D eigenvalue weighted by Crippen LogP contribution is -2.44. The summed E-state index contributed by atoms with van der Waals surface area (Å²) >= 11 is 0. The molecule has 1 aromatic carbocycles. The Labute approximate surface area is 177 Å². The molecule has 0 aliphatic carbocycles. The summed E-state index contributed by atoms with van der Waals surface area (Å²) in [5, 5.41) is 11.9. The van der Waals surface area contributed by atoms with Gasteiger partial charge < -0.3 is 15.3 Å². The van der Waals surface area contributed by atoms with Gasteiger partial charge in [-0.05, 0) is 42.2 Å². The monoisotopic (exact) mass is 411 g/mol. The molecule has 30 heavy (non-hydrogen) atoms. The number of rotatable bonds is 10. The fourth-order valence-electron chi connectivity index (χ4n) is 3.04. The van der Waals surface area contributed by atoms with Crippen molar-refractivity contribution >= 4 is 17.8 Å². The van der Waals surface area contributed by atoms with Crippen molar-refractivity contribution in [2.24, 2.45) is 5.92 Å². The topological polar surface area (TPSA) is 99.6 Å². The zero-order valence-corrected chi connectivity index (χ0v) is 17.7. The highest BCUT2D eigenvalue weighted by Gasteiger charge is 2.24. The predicted octanol–water partition coefficient (Wildman–Crippen LogP) is 3.36. The smallest absolute Gasteiger partial charge is 0.326 e. The quantitative estimate of drug-likeness (QED) is 0.624. The van der Waals surface area contributed by atoms with Crippen molar-refractivity contribution < 1.29 is 19.5 Å². The molecule has 0 radical (unpaired) electrons.